The topological polar surface area (TPSA) is 41.6 Å². The molecule has 3 unspecified atom stereocenters. The van der Waals surface area contributed by atoms with Crippen LogP contribution >= 0.6 is 0 Å². The van der Waals surface area contributed by atoms with Gasteiger partial charge in [-0.05, 0) is 38.6 Å². The molecule has 2 aliphatic heterocycles. The highest BCUT2D eigenvalue weighted by atomic mass is 16.5. The zero-order valence-corrected chi connectivity index (χ0v) is 12.4. The molecular weight excluding hydrogens is 240 g/mol. The van der Waals surface area contributed by atoms with E-state index in [2.05, 4.69) is 24.1 Å². The summed E-state index contributed by atoms with van der Waals surface area (Å²) in [6.07, 6.45) is 5.34. The molecule has 0 aromatic rings. The number of piperidine rings is 1. The van der Waals surface area contributed by atoms with Gasteiger partial charge in [0.15, 0.2) is 0 Å². The lowest BCUT2D eigenvalue weighted by molar-refractivity contribution is -0.140. The summed E-state index contributed by atoms with van der Waals surface area (Å²) in [6.45, 7) is 7.95. The first-order chi connectivity index (χ1) is 9.27. The standard InChI is InChI=1S/C15H28N2O2/c1-3-9-17(12-6-5-8-16-11-12)15(18)13-7-10-19-14(13)4-2/h12-14,16H,3-11H2,1-2H3. The Bertz CT molecular complexity index is 290. The molecule has 0 bridgehead atoms. The van der Waals surface area contributed by atoms with Crippen LogP contribution < -0.4 is 5.32 Å². The molecule has 2 fully saturated rings. The maximum absolute atomic E-state index is 12.8. The smallest absolute Gasteiger partial charge is 0.228 e. The van der Waals surface area contributed by atoms with E-state index in [0.717, 1.165) is 51.9 Å². The Hall–Kier alpha value is -0.610. The minimum Gasteiger partial charge on any atom is -0.377 e. The fourth-order valence-electron chi connectivity index (χ4n) is 3.36. The van der Waals surface area contributed by atoms with Crippen LogP contribution in [0.25, 0.3) is 0 Å². The summed E-state index contributed by atoms with van der Waals surface area (Å²) in [6, 6.07) is 0.388. The van der Waals surface area contributed by atoms with Crippen molar-refractivity contribution in [3.63, 3.8) is 0 Å². The van der Waals surface area contributed by atoms with Gasteiger partial charge in [-0.2, -0.15) is 0 Å². The van der Waals surface area contributed by atoms with Gasteiger partial charge in [-0.1, -0.05) is 13.8 Å². The largest absolute Gasteiger partial charge is 0.377 e. The van der Waals surface area contributed by atoms with E-state index in [1.807, 2.05) is 0 Å². The molecule has 110 valence electrons. The average Bonchev–Trinajstić information content (AvgIpc) is 2.93. The Balaban J connectivity index is 2.02. The number of carbonyl (C=O) groups excluding carboxylic acids is 1. The van der Waals surface area contributed by atoms with E-state index < -0.39 is 0 Å². The molecule has 1 N–H and O–H groups in total. The number of hydrogen-bond donors (Lipinski definition) is 1. The summed E-state index contributed by atoms with van der Waals surface area (Å²) in [5, 5.41) is 3.42. The van der Waals surface area contributed by atoms with Gasteiger partial charge >= 0.3 is 0 Å². The highest BCUT2D eigenvalue weighted by molar-refractivity contribution is 5.80. The number of amides is 1. The summed E-state index contributed by atoms with van der Waals surface area (Å²) in [5.41, 5.74) is 0. The average molecular weight is 268 g/mol. The first kappa shape index (κ1) is 14.8. The van der Waals surface area contributed by atoms with Crippen LogP contribution in [0, 0.1) is 5.92 Å². The third kappa shape index (κ3) is 3.48. The maximum atomic E-state index is 12.8. The van der Waals surface area contributed by atoms with Gasteiger partial charge < -0.3 is 15.0 Å². The van der Waals surface area contributed by atoms with Crippen molar-refractivity contribution in [2.45, 2.75) is 58.1 Å². The van der Waals surface area contributed by atoms with Gasteiger partial charge in [-0.25, -0.2) is 0 Å². The summed E-state index contributed by atoms with van der Waals surface area (Å²) in [4.78, 5) is 15.0. The van der Waals surface area contributed by atoms with Crippen molar-refractivity contribution in [3.8, 4) is 0 Å². The van der Waals surface area contributed by atoms with Crippen LogP contribution in [0.5, 0.6) is 0 Å². The van der Waals surface area contributed by atoms with Crippen molar-refractivity contribution in [3.05, 3.63) is 0 Å². The zero-order valence-electron chi connectivity index (χ0n) is 12.4. The van der Waals surface area contributed by atoms with Crippen LogP contribution in [0.3, 0.4) is 0 Å². The fourth-order valence-corrected chi connectivity index (χ4v) is 3.36. The summed E-state index contributed by atoms with van der Waals surface area (Å²) in [7, 11) is 0. The van der Waals surface area contributed by atoms with Gasteiger partial charge in [-0.15, -0.1) is 0 Å². The lowest BCUT2D eigenvalue weighted by atomic mass is 9.95. The monoisotopic (exact) mass is 268 g/mol. The molecular formula is C15H28N2O2. The molecule has 2 heterocycles. The highest BCUT2D eigenvalue weighted by Gasteiger charge is 2.37. The van der Waals surface area contributed by atoms with E-state index >= 15 is 0 Å². The van der Waals surface area contributed by atoms with E-state index in [0.29, 0.717) is 11.9 Å². The van der Waals surface area contributed by atoms with Crippen LogP contribution in [-0.2, 0) is 9.53 Å². The molecule has 3 atom stereocenters. The predicted molar refractivity (Wildman–Crippen MR) is 76.0 cm³/mol. The summed E-state index contributed by atoms with van der Waals surface area (Å²) < 4.78 is 5.69. The van der Waals surface area contributed by atoms with Gasteiger partial charge in [0, 0.05) is 25.7 Å². The molecule has 2 saturated heterocycles. The van der Waals surface area contributed by atoms with Crippen molar-refractivity contribution >= 4 is 5.91 Å². The number of carbonyl (C=O) groups is 1. The second-order valence-electron chi connectivity index (χ2n) is 5.74. The Morgan fingerprint density at radius 2 is 2.21 bits per heavy atom. The molecule has 0 spiro atoms. The molecule has 0 saturated carbocycles. The number of nitrogens with one attached hydrogen (secondary N) is 1. The van der Waals surface area contributed by atoms with Crippen molar-refractivity contribution < 1.29 is 9.53 Å². The SMILES string of the molecule is CCCN(C(=O)C1CCOC1CC)C1CCCNC1. The van der Waals surface area contributed by atoms with Crippen molar-refractivity contribution in [1.29, 1.82) is 0 Å². The van der Waals surface area contributed by atoms with Gasteiger partial charge in [0.2, 0.25) is 5.91 Å². The molecule has 2 aliphatic rings. The van der Waals surface area contributed by atoms with Gasteiger partial charge in [0.1, 0.15) is 0 Å². The van der Waals surface area contributed by atoms with E-state index in [1.165, 1.54) is 6.42 Å². The lowest BCUT2D eigenvalue weighted by Gasteiger charge is -2.36. The van der Waals surface area contributed by atoms with Crippen LogP contribution in [0.4, 0.5) is 0 Å². The van der Waals surface area contributed by atoms with Gasteiger partial charge in [0.05, 0.1) is 12.0 Å². The minimum absolute atomic E-state index is 0.0958. The van der Waals surface area contributed by atoms with Gasteiger partial charge in [-0.3, -0.25) is 4.79 Å². The minimum atomic E-state index is 0.0958. The van der Waals surface area contributed by atoms with Crippen LogP contribution in [0.2, 0.25) is 0 Å². The Kier molecular flexibility index (Phi) is 5.64. The fraction of sp³-hybridized carbons (Fsp3) is 0.933. The summed E-state index contributed by atoms with van der Waals surface area (Å²) in [5.74, 6) is 0.429. The van der Waals surface area contributed by atoms with Crippen molar-refractivity contribution in [1.82, 2.24) is 10.2 Å². The first-order valence-electron chi connectivity index (χ1n) is 7.90. The third-order valence-corrected chi connectivity index (χ3v) is 4.39. The quantitative estimate of drug-likeness (QED) is 0.826. The maximum Gasteiger partial charge on any atom is 0.228 e. The number of nitrogens with zero attached hydrogens (tertiary/aromatic N) is 1. The molecule has 0 aliphatic carbocycles. The zero-order chi connectivity index (χ0) is 13.7. The van der Waals surface area contributed by atoms with E-state index in [9.17, 15) is 4.79 Å². The second-order valence-corrected chi connectivity index (χ2v) is 5.74. The van der Waals surface area contributed by atoms with Crippen molar-refractivity contribution in [2.24, 2.45) is 5.92 Å². The van der Waals surface area contributed by atoms with E-state index in [1.54, 1.807) is 0 Å². The molecule has 2 rings (SSSR count). The Morgan fingerprint density at radius 3 is 2.84 bits per heavy atom. The van der Waals surface area contributed by atoms with Crippen LogP contribution in [0.15, 0.2) is 0 Å². The van der Waals surface area contributed by atoms with E-state index in [-0.39, 0.29) is 12.0 Å². The Morgan fingerprint density at radius 1 is 1.37 bits per heavy atom. The highest BCUT2D eigenvalue weighted by Crippen LogP contribution is 2.27. The lowest BCUT2D eigenvalue weighted by Crippen LogP contribution is -2.51. The first-order valence-corrected chi connectivity index (χ1v) is 7.90. The predicted octanol–water partition coefficient (Wildman–Crippen LogP) is 1.79. The molecule has 4 heteroatoms. The van der Waals surface area contributed by atoms with Crippen LogP contribution in [0.1, 0.15) is 46.0 Å². The Labute approximate surface area is 116 Å². The van der Waals surface area contributed by atoms with Crippen LogP contribution in [-0.4, -0.2) is 49.2 Å². The molecule has 19 heavy (non-hydrogen) atoms. The third-order valence-electron chi connectivity index (χ3n) is 4.39. The number of hydrogen-bond acceptors (Lipinski definition) is 3. The van der Waals surface area contributed by atoms with Crippen molar-refractivity contribution in [2.75, 3.05) is 26.2 Å². The number of ether oxygens (including phenoxy) is 1. The normalized spacial score (nSPS) is 31.4. The van der Waals surface area contributed by atoms with Gasteiger partial charge in [0.25, 0.3) is 0 Å². The second kappa shape index (κ2) is 7.25. The molecule has 1 amide bonds. The molecule has 0 aromatic carbocycles. The number of rotatable bonds is 5. The molecule has 4 nitrogen and oxygen atoms in total. The van der Waals surface area contributed by atoms with E-state index in [4.69, 9.17) is 4.74 Å². The molecule has 0 radical (unpaired) electrons. The molecule has 0 aromatic heterocycles. The summed E-state index contributed by atoms with van der Waals surface area (Å²) >= 11 is 0.